The van der Waals surface area contributed by atoms with Crippen LogP contribution in [0.25, 0.3) is 0 Å². The predicted octanol–water partition coefficient (Wildman–Crippen LogP) is 4.34. The van der Waals surface area contributed by atoms with E-state index in [4.69, 9.17) is 16.3 Å². The first kappa shape index (κ1) is 17.2. The van der Waals surface area contributed by atoms with Crippen molar-refractivity contribution in [1.29, 1.82) is 0 Å². The molecule has 0 atom stereocenters. The molecule has 0 saturated heterocycles. The van der Waals surface area contributed by atoms with E-state index in [1.165, 1.54) is 18.2 Å². The zero-order valence-corrected chi connectivity index (χ0v) is 14.3. The Morgan fingerprint density at radius 3 is 2.74 bits per heavy atom. The van der Waals surface area contributed by atoms with E-state index in [0.29, 0.717) is 5.75 Å². The Labute approximate surface area is 145 Å². The molecule has 0 aliphatic carbocycles. The van der Waals surface area contributed by atoms with Crippen molar-refractivity contribution in [3.05, 3.63) is 61.6 Å². The lowest BCUT2D eigenvalue weighted by atomic mass is 10.2. The molecular weight excluding hydrogens is 388 g/mol. The second-order valence-electron chi connectivity index (χ2n) is 4.67. The number of aryl methyl sites for hydroxylation is 1. The van der Waals surface area contributed by atoms with Gasteiger partial charge in [-0.05, 0) is 36.8 Å². The van der Waals surface area contributed by atoms with E-state index < -0.39 is 10.8 Å². The number of amides is 1. The van der Waals surface area contributed by atoms with Crippen LogP contribution in [0.4, 0.5) is 11.4 Å². The third-order valence-electron chi connectivity index (χ3n) is 2.93. The Morgan fingerprint density at radius 1 is 1.35 bits per heavy atom. The number of non-ortho nitro benzene ring substituents is 1. The molecular formula is C15H12BrClN2O4. The number of benzene rings is 2. The Kier molecular flexibility index (Phi) is 5.57. The molecule has 0 unspecified atom stereocenters. The third kappa shape index (κ3) is 4.67. The molecule has 0 bridgehead atoms. The van der Waals surface area contributed by atoms with Crippen molar-refractivity contribution in [3.8, 4) is 5.75 Å². The number of carbonyl (C=O) groups is 1. The smallest absolute Gasteiger partial charge is 0.271 e. The van der Waals surface area contributed by atoms with Crippen LogP contribution in [-0.4, -0.2) is 17.4 Å². The maximum Gasteiger partial charge on any atom is 0.271 e. The predicted molar refractivity (Wildman–Crippen MR) is 91.1 cm³/mol. The van der Waals surface area contributed by atoms with Gasteiger partial charge >= 0.3 is 0 Å². The minimum absolute atomic E-state index is 0.158. The molecule has 0 radical (unpaired) electrons. The summed E-state index contributed by atoms with van der Waals surface area (Å²) in [5.74, 6) is 0.0824. The van der Waals surface area contributed by atoms with Crippen LogP contribution in [0, 0.1) is 17.0 Å². The number of rotatable bonds is 5. The summed E-state index contributed by atoms with van der Waals surface area (Å²) in [4.78, 5) is 22.1. The van der Waals surface area contributed by atoms with E-state index in [0.717, 1.165) is 10.0 Å². The van der Waals surface area contributed by atoms with Gasteiger partial charge in [0.2, 0.25) is 0 Å². The number of anilines is 1. The van der Waals surface area contributed by atoms with Gasteiger partial charge in [0.15, 0.2) is 6.61 Å². The van der Waals surface area contributed by atoms with Crippen LogP contribution in [0.2, 0.25) is 5.02 Å². The molecule has 0 aliphatic rings. The molecule has 2 aromatic carbocycles. The molecule has 120 valence electrons. The first-order valence-corrected chi connectivity index (χ1v) is 7.66. The van der Waals surface area contributed by atoms with Crippen molar-refractivity contribution in [2.45, 2.75) is 6.92 Å². The number of carbonyl (C=O) groups excluding carboxylic acids is 1. The minimum atomic E-state index is -0.562. The van der Waals surface area contributed by atoms with Gasteiger partial charge in [-0.25, -0.2) is 0 Å². The highest BCUT2D eigenvalue weighted by Crippen LogP contribution is 2.26. The lowest BCUT2D eigenvalue weighted by Gasteiger charge is -2.09. The maximum absolute atomic E-state index is 11.9. The van der Waals surface area contributed by atoms with Crippen molar-refractivity contribution < 1.29 is 14.5 Å². The zero-order chi connectivity index (χ0) is 17.0. The van der Waals surface area contributed by atoms with Gasteiger partial charge in [0.05, 0.1) is 15.6 Å². The van der Waals surface area contributed by atoms with Gasteiger partial charge in [-0.15, -0.1) is 0 Å². The zero-order valence-electron chi connectivity index (χ0n) is 12.0. The molecule has 2 aromatic rings. The minimum Gasteiger partial charge on any atom is -0.484 e. The summed E-state index contributed by atoms with van der Waals surface area (Å²) in [6.45, 7) is 1.67. The largest absolute Gasteiger partial charge is 0.484 e. The van der Waals surface area contributed by atoms with Crippen LogP contribution in [-0.2, 0) is 4.79 Å². The van der Waals surface area contributed by atoms with Gasteiger partial charge in [-0.3, -0.25) is 14.9 Å². The van der Waals surface area contributed by atoms with Crippen LogP contribution < -0.4 is 10.1 Å². The van der Waals surface area contributed by atoms with Crippen molar-refractivity contribution in [1.82, 2.24) is 0 Å². The Balaban J connectivity index is 2.00. The first-order chi connectivity index (χ1) is 10.9. The molecule has 6 nitrogen and oxygen atoms in total. The van der Waals surface area contributed by atoms with Gasteiger partial charge in [-0.2, -0.15) is 0 Å². The van der Waals surface area contributed by atoms with E-state index in [1.54, 1.807) is 12.1 Å². The molecule has 0 aliphatic heterocycles. The highest BCUT2D eigenvalue weighted by Gasteiger charge is 2.12. The van der Waals surface area contributed by atoms with E-state index in [9.17, 15) is 14.9 Å². The molecule has 2 rings (SSSR count). The van der Waals surface area contributed by atoms with E-state index in [2.05, 4.69) is 21.2 Å². The SMILES string of the molecule is Cc1cc(OCC(=O)Nc2cc([N+](=O)[O-])ccc2Cl)ccc1Br. The molecule has 23 heavy (non-hydrogen) atoms. The summed E-state index contributed by atoms with van der Waals surface area (Å²) in [6, 6.07) is 9.15. The number of nitro groups is 1. The standard InChI is InChI=1S/C15H12BrClN2O4/c1-9-6-11(3-4-12(9)16)23-8-15(20)18-14-7-10(19(21)22)2-5-13(14)17/h2-7H,8H2,1H3,(H,18,20). The van der Waals surface area contributed by atoms with E-state index >= 15 is 0 Å². The molecule has 8 heteroatoms. The average Bonchev–Trinajstić information content (AvgIpc) is 2.50. The fourth-order valence-corrected chi connectivity index (χ4v) is 2.18. The molecule has 1 amide bonds. The van der Waals surface area contributed by atoms with Crippen molar-refractivity contribution >= 4 is 44.8 Å². The number of nitrogens with one attached hydrogen (secondary N) is 1. The van der Waals surface area contributed by atoms with Gasteiger partial charge in [0, 0.05) is 16.6 Å². The van der Waals surface area contributed by atoms with E-state index in [1.807, 2.05) is 13.0 Å². The fraction of sp³-hybridized carbons (Fsp3) is 0.133. The van der Waals surface area contributed by atoms with Crippen molar-refractivity contribution in [2.75, 3.05) is 11.9 Å². The number of nitro benzene ring substituents is 1. The summed E-state index contributed by atoms with van der Waals surface area (Å²) in [5, 5.41) is 13.4. The number of ether oxygens (including phenoxy) is 1. The van der Waals surface area contributed by atoms with Crippen LogP contribution in [0.3, 0.4) is 0 Å². The van der Waals surface area contributed by atoms with Crippen LogP contribution >= 0.6 is 27.5 Å². The normalized spacial score (nSPS) is 10.2. The highest BCUT2D eigenvalue weighted by atomic mass is 79.9. The highest BCUT2D eigenvalue weighted by molar-refractivity contribution is 9.10. The maximum atomic E-state index is 11.9. The van der Waals surface area contributed by atoms with Crippen LogP contribution in [0.5, 0.6) is 5.75 Å². The molecule has 0 fully saturated rings. The summed E-state index contributed by atoms with van der Waals surface area (Å²) in [5.41, 5.74) is 0.986. The number of hydrogen-bond acceptors (Lipinski definition) is 4. The van der Waals surface area contributed by atoms with Crippen LogP contribution in [0.15, 0.2) is 40.9 Å². The van der Waals surface area contributed by atoms with Crippen molar-refractivity contribution in [3.63, 3.8) is 0 Å². The Hall–Kier alpha value is -2.12. The summed E-state index contributed by atoms with van der Waals surface area (Å²) < 4.78 is 6.33. The van der Waals surface area contributed by atoms with Gasteiger partial charge in [-0.1, -0.05) is 27.5 Å². The molecule has 0 spiro atoms. The number of hydrogen-bond donors (Lipinski definition) is 1. The molecule has 1 N–H and O–H groups in total. The van der Waals surface area contributed by atoms with Gasteiger partial charge in [0.25, 0.3) is 11.6 Å². The average molecular weight is 400 g/mol. The fourth-order valence-electron chi connectivity index (χ4n) is 1.76. The molecule has 0 saturated carbocycles. The summed E-state index contributed by atoms with van der Waals surface area (Å²) >= 11 is 9.29. The van der Waals surface area contributed by atoms with Gasteiger partial charge in [0.1, 0.15) is 5.75 Å². The second kappa shape index (κ2) is 7.43. The summed E-state index contributed by atoms with van der Waals surface area (Å²) in [7, 11) is 0. The quantitative estimate of drug-likeness (QED) is 0.599. The lowest BCUT2D eigenvalue weighted by Crippen LogP contribution is -2.20. The Morgan fingerprint density at radius 2 is 2.09 bits per heavy atom. The monoisotopic (exact) mass is 398 g/mol. The van der Waals surface area contributed by atoms with E-state index in [-0.39, 0.29) is 23.0 Å². The second-order valence-corrected chi connectivity index (χ2v) is 5.93. The van der Waals surface area contributed by atoms with Gasteiger partial charge < -0.3 is 10.1 Å². The number of nitrogens with zero attached hydrogens (tertiary/aromatic N) is 1. The molecule has 0 heterocycles. The first-order valence-electron chi connectivity index (χ1n) is 6.49. The van der Waals surface area contributed by atoms with Crippen LogP contribution in [0.1, 0.15) is 5.56 Å². The Bertz CT molecular complexity index is 767. The van der Waals surface area contributed by atoms with Crippen molar-refractivity contribution in [2.24, 2.45) is 0 Å². The topological polar surface area (TPSA) is 81.5 Å². The third-order valence-corrected chi connectivity index (χ3v) is 4.15. The molecule has 0 aromatic heterocycles. The lowest BCUT2D eigenvalue weighted by molar-refractivity contribution is -0.384. The summed E-state index contributed by atoms with van der Waals surface area (Å²) in [6.07, 6.45) is 0. The number of halogens is 2.